The molecular formula is C15H23N3OS. The number of anilines is 2. The van der Waals surface area contributed by atoms with Crippen molar-refractivity contribution in [2.24, 2.45) is 0 Å². The summed E-state index contributed by atoms with van der Waals surface area (Å²) in [6, 6.07) is 8.39. The standard InChI is InChI=1S/C15H23N3OS/c1-3-19-12-6-9-16-15(20)18-11-10-17(2)13-7-4-5-8-14(13)18/h4-5,7-8H,3,6,9-12H2,1-2H3,(H,16,20). The molecular weight excluding hydrogens is 270 g/mol. The Labute approximate surface area is 126 Å². The number of nitrogens with one attached hydrogen (secondary N) is 1. The van der Waals surface area contributed by atoms with Crippen molar-refractivity contribution in [1.29, 1.82) is 0 Å². The average Bonchev–Trinajstić information content (AvgIpc) is 2.47. The number of fused-ring (bicyclic) bond motifs is 1. The molecule has 0 unspecified atom stereocenters. The van der Waals surface area contributed by atoms with Crippen molar-refractivity contribution in [2.45, 2.75) is 13.3 Å². The van der Waals surface area contributed by atoms with E-state index in [1.54, 1.807) is 0 Å². The molecule has 0 spiro atoms. The van der Waals surface area contributed by atoms with Crippen molar-refractivity contribution in [3.63, 3.8) is 0 Å². The number of ether oxygens (including phenoxy) is 1. The van der Waals surface area contributed by atoms with E-state index in [1.807, 2.05) is 6.92 Å². The summed E-state index contributed by atoms with van der Waals surface area (Å²) in [5, 5.41) is 4.13. The summed E-state index contributed by atoms with van der Waals surface area (Å²) < 4.78 is 5.33. The highest BCUT2D eigenvalue weighted by atomic mass is 32.1. The first-order valence-electron chi connectivity index (χ1n) is 7.17. The highest BCUT2D eigenvalue weighted by Crippen LogP contribution is 2.31. The molecule has 0 fully saturated rings. The van der Waals surface area contributed by atoms with Gasteiger partial charge in [0.15, 0.2) is 5.11 Å². The van der Waals surface area contributed by atoms with Gasteiger partial charge in [-0.1, -0.05) is 12.1 Å². The van der Waals surface area contributed by atoms with Crippen LogP contribution in [0.3, 0.4) is 0 Å². The van der Waals surface area contributed by atoms with Gasteiger partial charge >= 0.3 is 0 Å². The fraction of sp³-hybridized carbons (Fsp3) is 0.533. The van der Waals surface area contributed by atoms with Crippen molar-refractivity contribution in [1.82, 2.24) is 5.32 Å². The van der Waals surface area contributed by atoms with Gasteiger partial charge in [-0.2, -0.15) is 0 Å². The molecule has 0 saturated carbocycles. The number of likely N-dealkylation sites (N-methyl/N-ethyl adjacent to an activating group) is 1. The van der Waals surface area contributed by atoms with Crippen molar-refractivity contribution in [3.05, 3.63) is 24.3 Å². The van der Waals surface area contributed by atoms with E-state index < -0.39 is 0 Å². The van der Waals surface area contributed by atoms with E-state index in [-0.39, 0.29) is 0 Å². The number of rotatable bonds is 5. The molecule has 1 aliphatic rings. The second-order valence-corrected chi connectivity index (χ2v) is 5.23. The van der Waals surface area contributed by atoms with Gasteiger partial charge in [0.25, 0.3) is 0 Å². The van der Waals surface area contributed by atoms with E-state index in [2.05, 4.69) is 46.4 Å². The Kier molecular flexibility index (Phi) is 5.61. The summed E-state index contributed by atoms with van der Waals surface area (Å²) in [5.74, 6) is 0. The van der Waals surface area contributed by atoms with Crippen LogP contribution >= 0.6 is 12.2 Å². The van der Waals surface area contributed by atoms with Crippen LogP contribution in [0.1, 0.15) is 13.3 Å². The lowest BCUT2D eigenvalue weighted by atomic mass is 10.2. The Hall–Kier alpha value is -1.33. The van der Waals surface area contributed by atoms with Gasteiger partial charge in [-0.15, -0.1) is 0 Å². The minimum atomic E-state index is 0.774. The maximum Gasteiger partial charge on any atom is 0.173 e. The molecule has 4 nitrogen and oxygen atoms in total. The van der Waals surface area contributed by atoms with Crippen molar-refractivity contribution < 1.29 is 4.74 Å². The number of hydrogen-bond acceptors (Lipinski definition) is 3. The Morgan fingerprint density at radius 1 is 1.30 bits per heavy atom. The molecule has 1 N–H and O–H groups in total. The van der Waals surface area contributed by atoms with E-state index in [4.69, 9.17) is 17.0 Å². The number of nitrogens with zero attached hydrogens (tertiary/aromatic N) is 2. The van der Waals surface area contributed by atoms with Gasteiger partial charge in [0, 0.05) is 39.9 Å². The molecule has 0 saturated heterocycles. The van der Waals surface area contributed by atoms with Gasteiger partial charge in [0.05, 0.1) is 11.4 Å². The SMILES string of the molecule is CCOCCCNC(=S)N1CCN(C)c2ccccc21. The first kappa shape index (κ1) is 15.1. The zero-order valence-corrected chi connectivity index (χ0v) is 13.1. The van der Waals surface area contributed by atoms with E-state index in [1.165, 1.54) is 11.4 Å². The Morgan fingerprint density at radius 2 is 2.05 bits per heavy atom. The minimum Gasteiger partial charge on any atom is -0.382 e. The van der Waals surface area contributed by atoms with Crippen LogP contribution in [0.25, 0.3) is 0 Å². The summed E-state index contributed by atoms with van der Waals surface area (Å²) in [4.78, 5) is 4.45. The molecule has 0 aliphatic carbocycles. The second-order valence-electron chi connectivity index (χ2n) is 4.84. The van der Waals surface area contributed by atoms with E-state index >= 15 is 0 Å². The number of thiocarbonyl (C=S) groups is 1. The maximum atomic E-state index is 5.52. The van der Waals surface area contributed by atoms with Gasteiger partial charge in [0.1, 0.15) is 0 Å². The van der Waals surface area contributed by atoms with E-state index in [0.29, 0.717) is 0 Å². The predicted molar refractivity (Wildman–Crippen MR) is 88.8 cm³/mol. The predicted octanol–water partition coefficient (Wildman–Crippen LogP) is 2.24. The monoisotopic (exact) mass is 293 g/mol. The Balaban J connectivity index is 1.92. The van der Waals surface area contributed by atoms with Crippen LogP contribution in [-0.4, -0.2) is 45.0 Å². The molecule has 0 radical (unpaired) electrons. The molecule has 0 bridgehead atoms. The third-order valence-corrected chi connectivity index (χ3v) is 3.80. The van der Waals surface area contributed by atoms with Crippen LogP contribution in [-0.2, 0) is 4.74 Å². The molecule has 110 valence electrons. The molecule has 1 aromatic rings. The lowest BCUT2D eigenvalue weighted by Crippen LogP contribution is -2.47. The van der Waals surface area contributed by atoms with Gasteiger partial charge in [-0.3, -0.25) is 0 Å². The normalized spacial score (nSPS) is 14.1. The summed E-state index contributed by atoms with van der Waals surface area (Å²) in [7, 11) is 2.12. The van der Waals surface area contributed by atoms with Crippen LogP contribution in [0.4, 0.5) is 11.4 Å². The van der Waals surface area contributed by atoms with Crippen LogP contribution < -0.4 is 15.1 Å². The fourth-order valence-electron chi connectivity index (χ4n) is 2.33. The van der Waals surface area contributed by atoms with Crippen molar-refractivity contribution >= 4 is 28.7 Å². The summed E-state index contributed by atoms with van der Waals surface area (Å²) in [6.45, 7) is 6.33. The van der Waals surface area contributed by atoms with Crippen molar-refractivity contribution in [3.8, 4) is 0 Å². The highest BCUT2D eigenvalue weighted by molar-refractivity contribution is 7.80. The Bertz CT molecular complexity index is 452. The van der Waals surface area contributed by atoms with E-state index in [9.17, 15) is 0 Å². The summed E-state index contributed by atoms with van der Waals surface area (Å²) in [6.07, 6.45) is 0.976. The highest BCUT2D eigenvalue weighted by Gasteiger charge is 2.22. The first-order valence-corrected chi connectivity index (χ1v) is 7.58. The number of hydrogen-bond donors (Lipinski definition) is 1. The summed E-state index contributed by atoms with van der Waals surface area (Å²) >= 11 is 5.52. The van der Waals surface area contributed by atoms with Gasteiger partial charge in [-0.05, 0) is 37.7 Å². The van der Waals surface area contributed by atoms with Gasteiger partial charge < -0.3 is 19.9 Å². The fourth-order valence-corrected chi connectivity index (χ4v) is 2.62. The van der Waals surface area contributed by atoms with Crippen LogP contribution in [0.2, 0.25) is 0 Å². The zero-order valence-electron chi connectivity index (χ0n) is 12.3. The number of para-hydroxylation sites is 2. The third kappa shape index (κ3) is 3.61. The lowest BCUT2D eigenvalue weighted by Gasteiger charge is -2.37. The first-order chi connectivity index (χ1) is 9.74. The number of benzene rings is 1. The van der Waals surface area contributed by atoms with Gasteiger partial charge in [0.2, 0.25) is 0 Å². The quantitative estimate of drug-likeness (QED) is 0.664. The maximum absolute atomic E-state index is 5.52. The van der Waals surface area contributed by atoms with Crippen LogP contribution in [0.5, 0.6) is 0 Å². The molecule has 0 amide bonds. The molecule has 0 aromatic heterocycles. The molecule has 20 heavy (non-hydrogen) atoms. The summed E-state index contributed by atoms with van der Waals surface area (Å²) in [5.41, 5.74) is 2.42. The minimum absolute atomic E-state index is 0.774. The average molecular weight is 293 g/mol. The Morgan fingerprint density at radius 3 is 2.80 bits per heavy atom. The van der Waals surface area contributed by atoms with Crippen LogP contribution in [0.15, 0.2) is 24.3 Å². The molecule has 1 heterocycles. The van der Waals surface area contributed by atoms with Gasteiger partial charge in [-0.25, -0.2) is 0 Å². The largest absolute Gasteiger partial charge is 0.382 e. The zero-order chi connectivity index (χ0) is 14.4. The lowest BCUT2D eigenvalue weighted by molar-refractivity contribution is 0.146. The smallest absolute Gasteiger partial charge is 0.173 e. The molecule has 1 aliphatic heterocycles. The third-order valence-electron chi connectivity index (χ3n) is 3.43. The molecule has 1 aromatic carbocycles. The second kappa shape index (κ2) is 7.45. The molecule has 0 atom stereocenters. The van der Waals surface area contributed by atoms with E-state index in [0.717, 1.165) is 44.4 Å². The molecule has 5 heteroatoms. The van der Waals surface area contributed by atoms with Crippen molar-refractivity contribution in [2.75, 3.05) is 49.7 Å². The topological polar surface area (TPSA) is 27.7 Å². The van der Waals surface area contributed by atoms with Crippen LogP contribution in [0, 0.1) is 0 Å². The molecule has 2 rings (SSSR count).